The molecule has 29 heavy (non-hydrogen) atoms. The van der Waals surface area contributed by atoms with Gasteiger partial charge < -0.3 is 0 Å². The van der Waals surface area contributed by atoms with Crippen LogP contribution in [0.5, 0.6) is 0 Å². The van der Waals surface area contributed by atoms with Gasteiger partial charge in [-0.3, -0.25) is 9.29 Å². The molecule has 0 aliphatic heterocycles. The molecule has 2 heterocycles. The number of nitrogens with one attached hydrogen (secondary N) is 1. The number of pyridine rings is 1. The topological polar surface area (TPSA) is 76.9 Å². The van der Waals surface area contributed by atoms with E-state index < -0.39 is 10.0 Å². The minimum Gasteiger partial charge on any atom is -0.286 e. The monoisotopic (exact) mass is 432 g/mol. The molecule has 0 saturated heterocycles. The minimum atomic E-state index is -3.82. The van der Waals surface area contributed by atoms with Gasteiger partial charge in [-0.25, -0.2) is 18.4 Å². The lowest BCUT2D eigenvalue weighted by Gasteiger charge is -2.19. The fourth-order valence-electron chi connectivity index (χ4n) is 3.02. The van der Waals surface area contributed by atoms with Crippen molar-refractivity contribution in [1.82, 2.24) is 14.5 Å². The van der Waals surface area contributed by atoms with Gasteiger partial charge in [-0.15, -0.1) is 0 Å². The van der Waals surface area contributed by atoms with Crippen molar-refractivity contribution in [3.05, 3.63) is 64.8 Å². The van der Waals surface area contributed by atoms with Gasteiger partial charge in [-0.1, -0.05) is 51.4 Å². The molecule has 0 atom stereocenters. The van der Waals surface area contributed by atoms with Gasteiger partial charge in [0.05, 0.1) is 21.3 Å². The lowest BCUT2D eigenvalue weighted by molar-refractivity contribution is 0.587. The quantitative estimate of drug-likeness (QED) is 0.622. The van der Waals surface area contributed by atoms with E-state index >= 15 is 0 Å². The van der Waals surface area contributed by atoms with Gasteiger partial charge in [0.2, 0.25) is 0 Å². The number of hydrogen-bond donors (Lipinski definition) is 1. The Balaban J connectivity index is 2.02. The van der Waals surface area contributed by atoms with Crippen LogP contribution in [0.3, 0.4) is 0 Å². The zero-order chi connectivity index (χ0) is 21.4. The number of aryl methyl sites for hydroxylation is 2. The van der Waals surface area contributed by atoms with E-state index in [9.17, 15) is 8.42 Å². The van der Waals surface area contributed by atoms with E-state index in [0.717, 1.165) is 17.1 Å². The number of halogens is 1. The van der Waals surface area contributed by atoms with Gasteiger partial charge in [-0.2, -0.15) is 0 Å². The predicted molar refractivity (Wildman–Crippen MR) is 116 cm³/mol. The average molecular weight is 433 g/mol. The van der Waals surface area contributed by atoms with Crippen molar-refractivity contribution in [2.24, 2.45) is 0 Å². The van der Waals surface area contributed by atoms with Crippen LogP contribution in [0, 0.1) is 6.92 Å². The molecule has 0 saturated carbocycles. The highest BCUT2D eigenvalue weighted by atomic mass is 35.5. The summed E-state index contributed by atoms with van der Waals surface area (Å²) in [5.74, 6) is 1.22. The van der Waals surface area contributed by atoms with Crippen LogP contribution >= 0.6 is 11.6 Å². The molecule has 3 aromatic rings. The molecular formula is C21H25ClN4O2S. The maximum absolute atomic E-state index is 13.0. The van der Waals surface area contributed by atoms with Crippen LogP contribution in [0.4, 0.5) is 5.69 Å². The van der Waals surface area contributed by atoms with Crippen molar-refractivity contribution in [3.8, 4) is 5.82 Å². The molecule has 3 rings (SSSR count). The summed E-state index contributed by atoms with van der Waals surface area (Å²) in [4.78, 5) is 9.00. The van der Waals surface area contributed by atoms with Gasteiger partial charge in [0.15, 0.2) is 5.82 Å². The predicted octanol–water partition coefficient (Wildman–Crippen LogP) is 4.89. The molecule has 0 fully saturated rings. The lowest BCUT2D eigenvalue weighted by Crippen LogP contribution is -2.17. The van der Waals surface area contributed by atoms with Crippen LogP contribution in [0.2, 0.25) is 5.02 Å². The molecule has 0 aliphatic rings. The molecular weight excluding hydrogens is 408 g/mol. The Hall–Kier alpha value is -2.38. The molecule has 1 aromatic carbocycles. The van der Waals surface area contributed by atoms with Gasteiger partial charge in [0.25, 0.3) is 10.0 Å². The highest BCUT2D eigenvalue weighted by Crippen LogP contribution is 2.28. The largest absolute Gasteiger partial charge is 0.286 e. The second kappa shape index (κ2) is 7.80. The maximum Gasteiger partial charge on any atom is 0.262 e. The number of hydrogen-bond acceptors (Lipinski definition) is 4. The fourth-order valence-corrected chi connectivity index (χ4v) is 4.23. The van der Waals surface area contributed by atoms with Crippen LogP contribution in [0.15, 0.2) is 47.6 Å². The van der Waals surface area contributed by atoms with E-state index in [-0.39, 0.29) is 10.3 Å². The third-order valence-electron chi connectivity index (χ3n) is 4.55. The maximum atomic E-state index is 13.0. The minimum absolute atomic E-state index is 0.0599. The summed E-state index contributed by atoms with van der Waals surface area (Å²) in [5, 5.41) is 0.337. The molecule has 6 nitrogen and oxygen atoms in total. The summed E-state index contributed by atoms with van der Waals surface area (Å²) in [6.07, 6.45) is 3.99. The number of nitrogens with zero attached hydrogens (tertiary/aromatic N) is 3. The third kappa shape index (κ3) is 4.62. The molecule has 0 radical (unpaired) electrons. The molecule has 0 aliphatic carbocycles. The molecule has 0 unspecified atom stereocenters. The number of imidazole rings is 1. The molecule has 0 amide bonds. The molecule has 0 bridgehead atoms. The molecule has 0 spiro atoms. The second-order valence-electron chi connectivity index (χ2n) is 7.93. The van der Waals surface area contributed by atoms with E-state index in [4.69, 9.17) is 11.6 Å². The first-order valence-electron chi connectivity index (χ1n) is 9.35. The van der Waals surface area contributed by atoms with E-state index in [1.165, 1.54) is 6.20 Å². The van der Waals surface area contributed by atoms with Crippen molar-refractivity contribution < 1.29 is 8.42 Å². The molecule has 8 heteroatoms. The van der Waals surface area contributed by atoms with E-state index in [1.807, 2.05) is 32.2 Å². The number of rotatable bonds is 5. The Bertz CT molecular complexity index is 1130. The SMILES string of the molecule is CCc1nc(C)cn1-c1ncc(Cl)cc1NS(=O)(=O)c1ccc(C(C)(C)C)cc1. The number of aromatic nitrogens is 3. The van der Waals surface area contributed by atoms with Crippen molar-refractivity contribution in [1.29, 1.82) is 0 Å². The van der Waals surface area contributed by atoms with Crippen LogP contribution in [-0.2, 0) is 21.9 Å². The van der Waals surface area contributed by atoms with Gasteiger partial charge in [0.1, 0.15) is 5.82 Å². The Labute approximate surface area is 177 Å². The molecule has 1 N–H and O–H groups in total. The zero-order valence-electron chi connectivity index (χ0n) is 17.2. The summed E-state index contributed by atoms with van der Waals surface area (Å²) in [6.45, 7) is 10.1. The highest BCUT2D eigenvalue weighted by Gasteiger charge is 2.21. The second-order valence-corrected chi connectivity index (χ2v) is 10.0. The Kier molecular flexibility index (Phi) is 5.74. The highest BCUT2D eigenvalue weighted by molar-refractivity contribution is 7.92. The smallest absolute Gasteiger partial charge is 0.262 e. The number of anilines is 1. The van der Waals surface area contributed by atoms with E-state index in [1.54, 1.807) is 22.8 Å². The summed E-state index contributed by atoms with van der Waals surface area (Å²) in [6, 6.07) is 8.44. The first kappa shape index (κ1) is 21.3. The van der Waals surface area contributed by atoms with Crippen molar-refractivity contribution in [2.45, 2.75) is 51.3 Å². The third-order valence-corrected chi connectivity index (χ3v) is 6.14. The Morgan fingerprint density at radius 2 is 1.83 bits per heavy atom. The van der Waals surface area contributed by atoms with Crippen molar-refractivity contribution >= 4 is 27.3 Å². The van der Waals surface area contributed by atoms with E-state index in [0.29, 0.717) is 22.9 Å². The first-order valence-corrected chi connectivity index (χ1v) is 11.2. The number of sulfonamides is 1. The summed E-state index contributed by atoms with van der Waals surface area (Å²) in [5.41, 5.74) is 2.12. The van der Waals surface area contributed by atoms with E-state index in [2.05, 4.69) is 35.5 Å². The Morgan fingerprint density at radius 3 is 2.41 bits per heavy atom. The zero-order valence-corrected chi connectivity index (χ0v) is 18.8. The van der Waals surface area contributed by atoms with Crippen molar-refractivity contribution in [3.63, 3.8) is 0 Å². The number of benzene rings is 1. The van der Waals surface area contributed by atoms with Crippen LogP contribution < -0.4 is 4.72 Å². The van der Waals surface area contributed by atoms with Gasteiger partial charge in [-0.05, 0) is 36.1 Å². The summed E-state index contributed by atoms with van der Waals surface area (Å²) < 4.78 is 30.4. The normalized spacial score (nSPS) is 12.2. The lowest BCUT2D eigenvalue weighted by atomic mass is 9.87. The molecule has 154 valence electrons. The van der Waals surface area contributed by atoms with Crippen LogP contribution in [0.25, 0.3) is 5.82 Å². The average Bonchev–Trinajstić information content (AvgIpc) is 3.01. The van der Waals surface area contributed by atoms with Gasteiger partial charge in [0, 0.05) is 18.8 Å². The fraction of sp³-hybridized carbons (Fsp3) is 0.333. The van der Waals surface area contributed by atoms with Crippen molar-refractivity contribution in [2.75, 3.05) is 4.72 Å². The van der Waals surface area contributed by atoms with Crippen LogP contribution in [0.1, 0.15) is 44.8 Å². The molecule has 2 aromatic heterocycles. The Morgan fingerprint density at radius 1 is 1.17 bits per heavy atom. The van der Waals surface area contributed by atoms with Crippen LogP contribution in [-0.4, -0.2) is 23.0 Å². The van der Waals surface area contributed by atoms with Gasteiger partial charge >= 0.3 is 0 Å². The summed E-state index contributed by atoms with van der Waals surface area (Å²) in [7, 11) is -3.82. The first-order chi connectivity index (χ1) is 13.5. The standard InChI is InChI=1S/C21H25ClN4O2S/c1-6-19-24-14(2)13-26(19)20-18(11-16(22)12-23-20)25-29(27,28)17-9-7-15(8-10-17)21(3,4)5/h7-13,25H,6H2,1-5H3. The summed E-state index contributed by atoms with van der Waals surface area (Å²) >= 11 is 6.11.